The Morgan fingerprint density at radius 2 is 1.64 bits per heavy atom. The molecule has 2 N–H and O–H groups in total. The minimum absolute atomic E-state index is 0.226. The molecule has 0 spiro atoms. The van der Waals surface area contributed by atoms with Crippen molar-refractivity contribution in [2.75, 3.05) is 17.2 Å². The van der Waals surface area contributed by atoms with Crippen LogP contribution in [-0.2, 0) is 6.42 Å². The lowest BCUT2D eigenvalue weighted by Crippen LogP contribution is -2.10. The maximum absolute atomic E-state index is 13.8. The molecule has 0 fully saturated rings. The Kier molecular flexibility index (Phi) is 5.18. The van der Waals surface area contributed by atoms with Crippen LogP contribution in [0.4, 0.5) is 26.2 Å². The van der Waals surface area contributed by atoms with E-state index < -0.39 is 11.6 Å². The zero-order chi connectivity index (χ0) is 17.6. The molecule has 25 heavy (non-hydrogen) atoms. The van der Waals surface area contributed by atoms with Gasteiger partial charge in [0, 0.05) is 18.3 Å². The summed E-state index contributed by atoms with van der Waals surface area (Å²) in [5, 5.41) is 5.83. The smallest absolute Gasteiger partial charge is 0.224 e. The van der Waals surface area contributed by atoms with Gasteiger partial charge in [0.25, 0.3) is 0 Å². The van der Waals surface area contributed by atoms with Crippen molar-refractivity contribution >= 4 is 17.5 Å². The highest BCUT2D eigenvalue weighted by Crippen LogP contribution is 2.23. The van der Waals surface area contributed by atoms with Crippen LogP contribution in [0.25, 0.3) is 0 Å². The summed E-state index contributed by atoms with van der Waals surface area (Å²) in [7, 11) is 0. The van der Waals surface area contributed by atoms with Crippen LogP contribution in [0.3, 0.4) is 0 Å². The third kappa shape index (κ3) is 4.50. The fourth-order valence-electron chi connectivity index (χ4n) is 2.42. The maximum Gasteiger partial charge on any atom is 0.224 e. The van der Waals surface area contributed by atoms with E-state index in [-0.39, 0.29) is 5.69 Å². The molecule has 1 heterocycles. The van der Waals surface area contributed by atoms with Crippen molar-refractivity contribution in [3.63, 3.8) is 0 Å². The molecule has 0 radical (unpaired) electrons. The maximum atomic E-state index is 13.8. The lowest BCUT2D eigenvalue weighted by molar-refractivity contribution is 0.590. The zero-order valence-electron chi connectivity index (χ0n) is 13.8. The van der Waals surface area contributed by atoms with Crippen molar-refractivity contribution < 1.29 is 8.78 Å². The monoisotopic (exact) mass is 340 g/mol. The van der Waals surface area contributed by atoms with E-state index in [0.717, 1.165) is 6.42 Å². The lowest BCUT2D eigenvalue weighted by atomic mass is 10.1. The molecule has 0 unspecified atom stereocenters. The summed E-state index contributed by atoms with van der Waals surface area (Å²) < 4.78 is 27.5. The van der Waals surface area contributed by atoms with Crippen LogP contribution < -0.4 is 10.6 Å². The molecule has 4 nitrogen and oxygen atoms in total. The van der Waals surface area contributed by atoms with Crippen LogP contribution >= 0.6 is 0 Å². The number of nitrogens with one attached hydrogen (secondary N) is 2. The third-order valence-electron chi connectivity index (χ3n) is 3.61. The van der Waals surface area contributed by atoms with Crippen molar-refractivity contribution in [3.8, 4) is 0 Å². The molecule has 128 valence electrons. The second-order valence-corrected chi connectivity index (χ2v) is 5.60. The van der Waals surface area contributed by atoms with Gasteiger partial charge in [0.2, 0.25) is 5.95 Å². The predicted molar refractivity (Wildman–Crippen MR) is 95.0 cm³/mol. The number of anilines is 3. The Hall–Kier alpha value is -3.02. The molecule has 0 amide bonds. The van der Waals surface area contributed by atoms with Gasteiger partial charge in [0.15, 0.2) is 0 Å². The first-order chi connectivity index (χ1) is 12.1. The molecule has 0 aliphatic rings. The van der Waals surface area contributed by atoms with Gasteiger partial charge in [-0.2, -0.15) is 4.98 Å². The molecule has 3 aromatic rings. The molecule has 2 aromatic carbocycles. The van der Waals surface area contributed by atoms with Gasteiger partial charge in [-0.25, -0.2) is 13.8 Å². The fraction of sp³-hybridized carbons (Fsp3) is 0.158. The highest BCUT2D eigenvalue weighted by atomic mass is 19.1. The number of aromatic nitrogens is 2. The summed E-state index contributed by atoms with van der Waals surface area (Å²) in [5.41, 5.74) is 1.67. The SMILES string of the molecule is Cc1cc(Nc2c(F)cccc2F)nc(NCCc2ccccc2)n1. The minimum atomic E-state index is -0.671. The molecule has 1 aromatic heterocycles. The van der Waals surface area contributed by atoms with E-state index in [1.165, 1.54) is 23.8 Å². The topological polar surface area (TPSA) is 49.8 Å². The van der Waals surface area contributed by atoms with Gasteiger partial charge in [-0.3, -0.25) is 0 Å². The van der Waals surface area contributed by atoms with Crippen LogP contribution in [-0.4, -0.2) is 16.5 Å². The summed E-state index contributed by atoms with van der Waals surface area (Å²) in [4.78, 5) is 8.58. The number of rotatable bonds is 6. The molecule has 3 rings (SSSR count). The van der Waals surface area contributed by atoms with Gasteiger partial charge >= 0.3 is 0 Å². The van der Waals surface area contributed by atoms with Crippen molar-refractivity contribution in [3.05, 3.63) is 77.5 Å². The average molecular weight is 340 g/mol. The molecule has 0 aliphatic carbocycles. The standard InChI is InChI=1S/C19H18F2N4/c1-13-12-17(24-18-15(20)8-5-9-16(18)21)25-19(23-13)22-11-10-14-6-3-2-4-7-14/h2-9,12H,10-11H2,1H3,(H2,22,23,24,25). The Bertz CT molecular complexity index is 833. The van der Waals surface area contributed by atoms with Crippen molar-refractivity contribution in [2.24, 2.45) is 0 Å². The number of benzene rings is 2. The number of nitrogens with zero attached hydrogens (tertiary/aromatic N) is 2. The van der Waals surface area contributed by atoms with Gasteiger partial charge in [0.1, 0.15) is 23.1 Å². The van der Waals surface area contributed by atoms with E-state index in [4.69, 9.17) is 0 Å². The van der Waals surface area contributed by atoms with E-state index in [9.17, 15) is 8.78 Å². The van der Waals surface area contributed by atoms with Crippen LogP contribution in [0.5, 0.6) is 0 Å². The van der Waals surface area contributed by atoms with Crippen LogP contribution in [0.1, 0.15) is 11.3 Å². The minimum Gasteiger partial charge on any atom is -0.354 e. The quantitative estimate of drug-likeness (QED) is 0.695. The first-order valence-corrected chi connectivity index (χ1v) is 7.96. The molecule has 6 heteroatoms. The average Bonchev–Trinajstić information content (AvgIpc) is 2.59. The predicted octanol–water partition coefficient (Wildman–Crippen LogP) is 4.46. The number of hydrogen-bond acceptors (Lipinski definition) is 4. The van der Waals surface area contributed by atoms with E-state index in [2.05, 4.69) is 20.6 Å². The Morgan fingerprint density at radius 3 is 2.36 bits per heavy atom. The zero-order valence-corrected chi connectivity index (χ0v) is 13.8. The lowest BCUT2D eigenvalue weighted by Gasteiger charge is -2.11. The molecule has 0 saturated carbocycles. The number of para-hydroxylation sites is 1. The molecular formula is C19H18F2N4. The van der Waals surface area contributed by atoms with Gasteiger partial charge < -0.3 is 10.6 Å². The number of halogens is 2. The Labute approximate surface area is 145 Å². The Morgan fingerprint density at radius 1 is 0.920 bits per heavy atom. The van der Waals surface area contributed by atoms with Crippen LogP contribution in [0, 0.1) is 18.6 Å². The number of aryl methyl sites for hydroxylation is 1. The fourth-order valence-corrected chi connectivity index (χ4v) is 2.42. The van der Waals surface area contributed by atoms with Crippen molar-refractivity contribution in [1.82, 2.24) is 9.97 Å². The normalized spacial score (nSPS) is 10.5. The van der Waals surface area contributed by atoms with Gasteiger partial charge in [-0.05, 0) is 31.0 Å². The number of hydrogen-bond donors (Lipinski definition) is 2. The largest absolute Gasteiger partial charge is 0.354 e. The summed E-state index contributed by atoms with van der Waals surface area (Å²) in [6.45, 7) is 2.45. The summed E-state index contributed by atoms with van der Waals surface area (Å²) in [5.74, 6) is -0.599. The highest BCUT2D eigenvalue weighted by Gasteiger charge is 2.10. The van der Waals surface area contributed by atoms with E-state index in [0.29, 0.717) is 24.0 Å². The molecule has 0 atom stereocenters. The first-order valence-electron chi connectivity index (χ1n) is 7.96. The van der Waals surface area contributed by atoms with Crippen LogP contribution in [0.2, 0.25) is 0 Å². The second-order valence-electron chi connectivity index (χ2n) is 5.60. The van der Waals surface area contributed by atoms with E-state index in [1.54, 1.807) is 13.0 Å². The molecule has 0 aliphatic heterocycles. The van der Waals surface area contributed by atoms with Gasteiger partial charge in [-0.1, -0.05) is 36.4 Å². The van der Waals surface area contributed by atoms with Gasteiger partial charge in [-0.15, -0.1) is 0 Å². The second kappa shape index (κ2) is 7.70. The van der Waals surface area contributed by atoms with Crippen molar-refractivity contribution in [2.45, 2.75) is 13.3 Å². The summed E-state index contributed by atoms with van der Waals surface area (Å²) in [6, 6.07) is 15.4. The Balaban J connectivity index is 1.70. The van der Waals surface area contributed by atoms with Gasteiger partial charge in [0.05, 0.1) is 0 Å². The van der Waals surface area contributed by atoms with E-state index in [1.807, 2.05) is 30.3 Å². The molecular weight excluding hydrogens is 322 g/mol. The van der Waals surface area contributed by atoms with E-state index >= 15 is 0 Å². The molecule has 0 saturated heterocycles. The highest BCUT2D eigenvalue weighted by molar-refractivity contribution is 5.59. The third-order valence-corrected chi connectivity index (χ3v) is 3.61. The summed E-state index contributed by atoms with van der Waals surface area (Å²) in [6.07, 6.45) is 0.822. The van der Waals surface area contributed by atoms with Crippen molar-refractivity contribution in [1.29, 1.82) is 0 Å². The first kappa shape index (κ1) is 16.8. The summed E-state index contributed by atoms with van der Waals surface area (Å²) >= 11 is 0. The van der Waals surface area contributed by atoms with Crippen LogP contribution in [0.15, 0.2) is 54.6 Å². The molecule has 0 bridgehead atoms.